The second kappa shape index (κ2) is 6.38. The van der Waals surface area contributed by atoms with E-state index < -0.39 is 0 Å². The van der Waals surface area contributed by atoms with Gasteiger partial charge in [-0.25, -0.2) is 15.0 Å². The lowest BCUT2D eigenvalue weighted by Crippen LogP contribution is -1.89. The molecule has 0 aliphatic rings. The lowest BCUT2D eigenvalue weighted by molar-refractivity contribution is 1.06. The summed E-state index contributed by atoms with van der Waals surface area (Å²) in [6.45, 7) is 0. The molecule has 0 saturated carbocycles. The van der Waals surface area contributed by atoms with Crippen molar-refractivity contribution in [3.05, 3.63) is 85.7 Å². The van der Waals surface area contributed by atoms with E-state index in [0.717, 1.165) is 16.7 Å². The van der Waals surface area contributed by atoms with Gasteiger partial charge >= 0.3 is 0 Å². The Balaban J connectivity index is 1.75. The van der Waals surface area contributed by atoms with Crippen LogP contribution < -0.4 is 0 Å². The van der Waals surface area contributed by atoms with Crippen molar-refractivity contribution in [3.63, 3.8) is 0 Å². The molecule has 0 fully saturated rings. The molecule has 0 aliphatic carbocycles. The Labute approximate surface area is 139 Å². The van der Waals surface area contributed by atoms with E-state index >= 15 is 0 Å². The fourth-order valence-electron chi connectivity index (χ4n) is 2.70. The van der Waals surface area contributed by atoms with Crippen molar-refractivity contribution in [2.75, 3.05) is 0 Å². The van der Waals surface area contributed by atoms with Crippen molar-refractivity contribution >= 4 is 0 Å². The summed E-state index contributed by atoms with van der Waals surface area (Å²) >= 11 is 0. The van der Waals surface area contributed by atoms with Crippen molar-refractivity contribution in [2.45, 2.75) is 0 Å². The van der Waals surface area contributed by atoms with Gasteiger partial charge in [0.2, 0.25) is 0 Å². The van der Waals surface area contributed by atoms with Gasteiger partial charge in [-0.15, -0.1) is 0 Å². The standard InChI is InChI=1S/C20H14N4/c1-2-6-19(17-4-3-11-21-12-17)18(5-1)15-7-9-16(10-8-15)20-23-13-22-14-24-20/h1-14H. The molecule has 4 nitrogen and oxygen atoms in total. The molecule has 4 aromatic rings. The molecule has 2 heterocycles. The van der Waals surface area contributed by atoms with Crippen LogP contribution in [-0.4, -0.2) is 19.9 Å². The van der Waals surface area contributed by atoms with E-state index in [9.17, 15) is 0 Å². The monoisotopic (exact) mass is 310 g/mol. The van der Waals surface area contributed by atoms with Crippen LogP contribution in [0.15, 0.2) is 85.7 Å². The SMILES string of the molecule is c1cncc(-c2ccccc2-c2ccc(-c3ncncn3)cc2)c1. The Bertz CT molecular complexity index is 936. The summed E-state index contributed by atoms with van der Waals surface area (Å²) in [5, 5.41) is 0. The van der Waals surface area contributed by atoms with E-state index in [1.54, 1.807) is 6.20 Å². The molecule has 0 unspecified atom stereocenters. The zero-order valence-electron chi connectivity index (χ0n) is 12.9. The number of aromatic nitrogens is 4. The summed E-state index contributed by atoms with van der Waals surface area (Å²) in [5.41, 5.74) is 5.56. The highest BCUT2D eigenvalue weighted by Crippen LogP contribution is 2.32. The fraction of sp³-hybridized carbons (Fsp3) is 0. The number of nitrogens with zero attached hydrogens (tertiary/aromatic N) is 4. The van der Waals surface area contributed by atoms with E-state index in [-0.39, 0.29) is 0 Å². The van der Waals surface area contributed by atoms with Gasteiger partial charge in [0.05, 0.1) is 0 Å². The Morgan fingerprint density at radius 3 is 1.88 bits per heavy atom. The second-order valence-electron chi connectivity index (χ2n) is 5.33. The first-order valence-corrected chi connectivity index (χ1v) is 7.64. The molecule has 0 N–H and O–H groups in total. The number of rotatable bonds is 3. The summed E-state index contributed by atoms with van der Waals surface area (Å²) < 4.78 is 0. The van der Waals surface area contributed by atoms with Crippen molar-refractivity contribution in [2.24, 2.45) is 0 Å². The normalized spacial score (nSPS) is 10.5. The number of benzene rings is 2. The lowest BCUT2D eigenvalue weighted by Gasteiger charge is -2.10. The quantitative estimate of drug-likeness (QED) is 0.567. The highest BCUT2D eigenvalue weighted by atomic mass is 15.0. The molecule has 0 atom stereocenters. The third kappa shape index (κ3) is 2.77. The fourth-order valence-corrected chi connectivity index (χ4v) is 2.70. The van der Waals surface area contributed by atoms with Crippen LogP contribution in [0, 0.1) is 0 Å². The third-order valence-electron chi connectivity index (χ3n) is 3.85. The van der Waals surface area contributed by atoms with Crippen LogP contribution in [0.2, 0.25) is 0 Å². The Kier molecular flexibility index (Phi) is 3.78. The average molecular weight is 310 g/mol. The van der Waals surface area contributed by atoms with Crippen molar-refractivity contribution in [1.82, 2.24) is 19.9 Å². The first-order chi connectivity index (χ1) is 11.9. The maximum Gasteiger partial charge on any atom is 0.162 e. The minimum absolute atomic E-state index is 0.678. The lowest BCUT2D eigenvalue weighted by atomic mass is 9.95. The zero-order chi connectivity index (χ0) is 16.2. The Morgan fingerprint density at radius 2 is 1.21 bits per heavy atom. The molecule has 4 heteroatoms. The first kappa shape index (κ1) is 14.2. The second-order valence-corrected chi connectivity index (χ2v) is 5.33. The molecule has 2 aromatic carbocycles. The van der Waals surface area contributed by atoms with E-state index in [1.165, 1.54) is 23.8 Å². The average Bonchev–Trinajstić information content (AvgIpc) is 2.69. The highest BCUT2D eigenvalue weighted by molar-refractivity contribution is 5.83. The molecule has 4 rings (SSSR count). The molecular formula is C20H14N4. The van der Waals surface area contributed by atoms with Crippen molar-refractivity contribution in [1.29, 1.82) is 0 Å². The van der Waals surface area contributed by atoms with Gasteiger partial charge in [0.25, 0.3) is 0 Å². The van der Waals surface area contributed by atoms with Crippen LogP contribution in [0.1, 0.15) is 0 Å². The summed E-state index contributed by atoms with van der Waals surface area (Å²) in [6.07, 6.45) is 6.69. The van der Waals surface area contributed by atoms with Crippen molar-refractivity contribution in [3.8, 4) is 33.6 Å². The van der Waals surface area contributed by atoms with E-state index in [0.29, 0.717) is 5.82 Å². The van der Waals surface area contributed by atoms with Crippen molar-refractivity contribution < 1.29 is 0 Å². The maximum atomic E-state index is 4.23. The largest absolute Gasteiger partial charge is 0.264 e. The molecule has 24 heavy (non-hydrogen) atoms. The van der Waals surface area contributed by atoms with Crippen LogP contribution in [0.25, 0.3) is 33.6 Å². The number of hydrogen-bond acceptors (Lipinski definition) is 4. The van der Waals surface area contributed by atoms with Gasteiger partial charge in [0, 0.05) is 23.5 Å². The smallest absolute Gasteiger partial charge is 0.162 e. The van der Waals surface area contributed by atoms with E-state index in [4.69, 9.17) is 0 Å². The van der Waals surface area contributed by atoms with Gasteiger partial charge < -0.3 is 0 Å². The van der Waals surface area contributed by atoms with E-state index in [2.05, 4.69) is 56.3 Å². The minimum Gasteiger partial charge on any atom is -0.264 e. The van der Waals surface area contributed by atoms with Gasteiger partial charge in [-0.3, -0.25) is 4.98 Å². The maximum absolute atomic E-state index is 4.23. The van der Waals surface area contributed by atoms with E-state index in [1.807, 2.05) is 30.5 Å². The summed E-state index contributed by atoms with van der Waals surface area (Å²) in [5.74, 6) is 0.678. The van der Waals surface area contributed by atoms with Crippen LogP contribution in [0.5, 0.6) is 0 Å². The topological polar surface area (TPSA) is 51.6 Å². The molecule has 2 aromatic heterocycles. The summed E-state index contributed by atoms with van der Waals surface area (Å²) in [7, 11) is 0. The summed E-state index contributed by atoms with van der Waals surface area (Å²) in [6, 6.07) is 20.6. The molecule has 0 spiro atoms. The first-order valence-electron chi connectivity index (χ1n) is 7.64. The molecular weight excluding hydrogens is 296 g/mol. The third-order valence-corrected chi connectivity index (χ3v) is 3.85. The molecule has 0 saturated heterocycles. The summed E-state index contributed by atoms with van der Waals surface area (Å²) in [4.78, 5) is 16.5. The number of hydrogen-bond donors (Lipinski definition) is 0. The predicted octanol–water partition coefficient (Wildman–Crippen LogP) is 4.27. The predicted molar refractivity (Wildman–Crippen MR) is 93.9 cm³/mol. The van der Waals surface area contributed by atoms with Gasteiger partial charge in [0.15, 0.2) is 5.82 Å². The Morgan fingerprint density at radius 1 is 0.542 bits per heavy atom. The number of pyridine rings is 1. The van der Waals surface area contributed by atoms with Gasteiger partial charge in [-0.05, 0) is 22.8 Å². The van der Waals surface area contributed by atoms with Crippen LogP contribution in [-0.2, 0) is 0 Å². The van der Waals surface area contributed by atoms with Crippen LogP contribution in [0.4, 0.5) is 0 Å². The van der Waals surface area contributed by atoms with Gasteiger partial charge in [-0.1, -0.05) is 54.6 Å². The molecule has 0 aliphatic heterocycles. The highest BCUT2D eigenvalue weighted by Gasteiger charge is 2.08. The molecule has 0 amide bonds. The van der Waals surface area contributed by atoms with Crippen LogP contribution >= 0.6 is 0 Å². The minimum atomic E-state index is 0.678. The molecule has 0 radical (unpaired) electrons. The van der Waals surface area contributed by atoms with Gasteiger partial charge in [0.1, 0.15) is 12.7 Å². The van der Waals surface area contributed by atoms with Crippen LogP contribution in [0.3, 0.4) is 0 Å². The molecule has 0 bridgehead atoms. The van der Waals surface area contributed by atoms with Gasteiger partial charge in [-0.2, -0.15) is 0 Å². The Hall–Kier alpha value is -3.40. The molecule has 114 valence electrons. The zero-order valence-corrected chi connectivity index (χ0v) is 12.9.